The third kappa shape index (κ3) is 6.49. The number of rotatable bonds is 8. The molecule has 0 aromatic heterocycles. The third-order valence-corrected chi connectivity index (χ3v) is 5.98. The average molecular weight is 490 g/mol. The van der Waals surface area contributed by atoms with E-state index in [-0.39, 0.29) is 24.8 Å². The van der Waals surface area contributed by atoms with Gasteiger partial charge in [-0.15, -0.1) is 0 Å². The van der Waals surface area contributed by atoms with Gasteiger partial charge in [-0.05, 0) is 41.0 Å². The van der Waals surface area contributed by atoms with Crippen molar-refractivity contribution in [1.29, 1.82) is 0 Å². The summed E-state index contributed by atoms with van der Waals surface area (Å²) in [7, 11) is 1.57. The van der Waals surface area contributed by atoms with Crippen molar-refractivity contribution < 1.29 is 9.59 Å². The predicted octanol–water partition coefficient (Wildman–Crippen LogP) is 5.58. The quantitative estimate of drug-likeness (QED) is 0.449. The fourth-order valence-electron chi connectivity index (χ4n) is 3.43. The van der Waals surface area contributed by atoms with E-state index in [2.05, 4.69) is 5.32 Å². The summed E-state index contributed by atoms with van der Waals surface area (Å²) < 4.78 is 0. The number of nitrogens with one attached hydrogen (secondary N) is 1. The van der Waals surface area contributed by atoms with E-state index >= 15 is 0 Å². The first-order valence-corrected chi connectivity index (χ1v) is 11.2. The molecule has 0 fully saturated rings. The van der Waals surface area contributed by atoms with E-state index in [1.165, 1.54) is 0 Å². The van der Waals surface area contributed by atoms with Crippen LogP contribution in [0.5, 0.6) is 0 Å². The van der Waals surface area contributed by atoms with Gasteiger partial charge in [-0.2, -0.15) is 0 Å². The third-order valence-electron chi connectivity index (χ3n) is 5.14. The number of halogens is 3. The number of hydrogen-bond donors (Lipinski definition) is 1. The number of carbonyl (C=O) groups excluding carboxylic acids is 2. The molecule has 4 nitrogen and oxygen atoms in total. The molecule has 3 aromatic rings. The van der Waals surface area contributed by atoms with Crippen LogP contribution in [-0.4, -0.2) is 29.8 Å². The van der Waals surface area contributed by atoms with Gasteiger partial charge in [0.1, 0.15) is 6.04 Å². The fourth-order valence-corrected chi connectivity index (χ4v) is 4.03. The van der Waals surface area contributed by atoms with Crippen LogP contribution in [0.25, 0.3) is 0 Å². The molecule has 1 N–H and O–H groups in total. The van der Waals surface area contributed by atoms with Gasteiger partial charge in [0.05, 0.1) is 6.42 Å². The predicted molar refractivity (Wildman–Crippen MR) is 130 cm³/mol. The molecule has 0 heterocycles. The van der Waals surface area contributed by atoms with Crippen LogP contribution in [0.2, 0.25) is 15.1 Å². The number of carbonyl (C=O) groups is 2. The number of hydrogen-bond acceptors (Lipinski definition) is 2. The van der Waals surface area contributed by atoms with E-state index < -0.39 is 6.04 Å². The molecule has 1 atom stereocenters. The SMILES string of the molecule is CNC(=O)[C@H](Cc1ccccc1)N(Cc1ccc(Cl)cc1Cl)C(=O)Cc1ccc(Cl)cc1. The van der Waals surface area contributed by atoms with Gasteiger partial charge in [0.25, 0.3) is 0 Å². The van der Waals surface area contributed by atoms with Gasteiger partial charge in [-0.25, -0.2) is 0 Å². The number of likely N-dealkylation sites (N-methyl/N-ethyl adjacent to an activating group) is 1. The van der Waals surface area contributed by atoms with E-state index in [1.807, 2.05) is 30.3 Å². The molecule has 0 radical (unpaired) electrons. The second-order valence-electron chi connectivity index (χ2n) is 7.38. The van der Waals surface area contributed by atoms with Crippen LogP contribution in [0.3, 0.4) is 0 Å². The summed E-state index contributed by atoms with van der Waals surface area (Å²) in [4.78, 5) is 28.0. The van der Waals surface area contributed by atoms with Gasteiger partial charge >= 0.3 is 0 Å². The van der Waals surface area contributed by atoms with Crippen LogP contribution >= 0.6 is 34.8 Å². The molecule has 7 heteroatoms. The van der Waals surface area contributed by atoms with Gasteiger partial charge in [0.15, 0.2) is 0 Å². The normalized spacial score (nSPS) is 11.6. The smallest absolute Gasteiger partial charge is 0.242 e. The van der Waals surface area contributed by atoms with Crippen LogP contribution in [0.4, 0.5) is 0 Å². The molecule has 0 aliphatic carbocycles. The van der Waals surface area contributed by atoms with Crippen molar-refractivity contribution in [2.75, 3.05) is 7.05 Å². The van der Waals surface area contributed by atoms with Crippen molar-refractivity contribution in [3.05, 3.63) is 105 Å². The zero-order chi connectivity index (χ0) is 23.1. The van der Waals surface area contributed by atoms with E-state index in [9.17, 15) is 9.59 Å². The highest BCUT2D eigenvalue weighted by molar-refractivity contribution is 6.35. The van der Waals surface area contributed by atoms with Gasteiger partial charge in [-0.1, -0.05) is 83.3 Å². The Morgan fingerprint density at radius 2 is 1.53 bits per heavy atom. The van der Waals surface area contributed by atoms with Crippen molar-refractivity contribution in [2.45, 2.75) is 25.4 Å². The minimum absolute atomic E-state index is 0.130. The topological polar surface area (TPSA) is 49.4 Å². The molecule has 3 aromatic carbocycles. The number of amides is 2. The highest BCUT2D eigenvalue weighted by Crippen LogP contribution is 2.24. The monoisotopic (exact) mass is 488 g/mol. The Morgan fingerprint density at radius 1 is 0.875 bits per heavy atom. The molecule has 0 spiro atoms. The summed E-state index contributed by atoms with van der Waals surface area (Å²) in [5, 5.41) is 4.24. The van der Waals surface area contributed by atoms with Crippen LogP contribution in [-0.2, 0) is 29.0 Å². The summed E-state index contributed by atoms with van der Waals surface area (Å²) >= 11 is 18.4. The molecular formula is C25H23Cl3N2O2. The highest BCUT2D eigenvalue weighted by Gasteiger charge is 2.30. The molecule has 2 amide bonds. The van der Waals surface area contributed by atoms with Gasteiger partial charge in [-0.3, -0.25) is 9.59 Å². The second-order valence-corrected chi connectivity index (χ2v) is 8.66. The molecule has 0 saturated heterocycles. The number of nitrogens with zero attached hydrogens (tertiary/aromatic N) is 1. The molecule has 0 bridgehead atoms. The molecule has 32 heavy (non-hydrogen) atoms. The number of benzene rings is 3. The molecule has 0 aliphatic heterocycles. The molecule has 166 valence electrons. The molecule has 3 rings (SSSR count). The molecule has 0 saturated carbocycles. The van der Waals surface area contributed by atoms with Crippen molar-refractivity contribution in [3.8, 4) is 0 Å². The maximum atomic E-state index is 13.5. The molecule has 0 aliphatic rings. The Labute approximate surface area is 203 Å². The molecular weight excluding hydrogens is 467 g/mol. The summed E-state index contributed by atoms with van der Waals surface area (Å²) in [6.07, 6.45) is 0.503. The zero-order valence-corrected chi connectivity index (χ0v) is 19.8. The van der Waals surface area contributed by atoms with Gasteiger partial charge in [0.2, 0.25) is 11.8 Å². The summed E-state index contributed by atoms with van der Waals surface area (Å²) in [5.74, 6) is -0.439. The Bertz CT molecular complexity index is 1070. The van der Waals surface area contributed by atoms with E-state index in [4.69, 9.17) is 34.8 Å². The minimum atomic E-state index is -0.714. The highest BCUT2D eigenvalue weighted by atomic mass is 35.5. The summed E-state index contributed by atoms with van der Waals surface area (Å²) in [5.41, 5.74) is 2.47. The van der Waals surface area contributed by atoms with Crippen LogP contribution in [0.1, 0.15) is 16.7 Å². The maximum Gasteiger partial charge on any atom is 0.242 e. The Kier molecular flexibility index (Phi) is 8.57. The van der Waals surface area contributed by atoms with Crippen molar-refractivity contribution in [1.82, 2.24) is 10.2 Å². The van der Waals surface area contributed by atoms with Crippen molar-refractivity contribution >= 4 is 46.6 Å². The standard InChI is InChI=1S/C25H23Cl3N2O2/c1-29-25(32)23(13-17-5-3-2-4-6-17)30(16-19-9-12-21(27)15-22(19)28)24(31)14-18-7-10-20(26)11-8-18/h2-12,15,23H,13-14,16H2,1H3,(H,29,32)/t23-/m0/s1. The fraction of sp³-hybridized carbons (Fsp3) is 0.200. The average Bonchev–Trinajstić information content (AvgIpc) is 2.79. The lowest BCUT2D eigenvalue weighted by Crippen LogP contribution is -2.50. The summed E-state index contributed by atoms with van der Waals surface area (Å²) in [6, 6.07) is 21.1. The lowest BCUT2D eigenvalue weighted by atomic mass is 10.0. The maximum absolute atomic E-state index is 13.5. The Hall–Kier alpha value is -2.53. The minimum Gasteiger partial charge on any atom is -0.357 e. The van der Waals surface area contributed by atoms with Crippen LogP contribution in [0.15, 0.2) is 72.8 Å². The molecule has 0 unspecified atom stereocenters. The van der Waals surface area contributed by atoms with Gasteiger partial charge < -0.3 is 10.2 Å². The first-order chi connectivity index (χ1) is 15.4. The van der Waals surface area contributed by atoms with Crippen LogP contribution in [0, 0.1) is 0 Å². The van der Waals surface area contributed by atoms with E-state index in [1.54, 1.807) is 54.4 Å². The van der Waals surface area contributed by atoms with E-state index in [0.717, 1.165) is 11.1 Å². The lowest BCUT2D eigenvalue weighted by Gasteiger charge is -2.31. The van der Waals surface area contributed by atoms with Crippen molar-refractivity contribution in [2.24, 2.45) is 0 Å². The lowest BCUT2D eigenvalue weighted by molar-refractivity contribution is -0.140. The Balaban J connectivity index is 1.96. The van der Waals surface area contributed by atoms with Crippen LogP contribution < -0.4 is 5.32 Å². The first-order valence-electron chi connectivity index (χ1n) is 10.1. The Morgan fingerprint density at radius 3 is 2.16 bits per heavy atom. The van der Waals surface area contributed by atoms with Crippen molar-refractivity contribution in [3.63, 3.8) is 0 Å². The second kappa shape index (κ2) is 11.4. The van der Waals surface area contributed by atoms with E-state index in [0.29, 0.717) is 27.1 Å². The first kappa shape index (κ1) is 24.1. The largest absolute Gasteiger partial charge is 0.357 e. The summed E-state index contributed by atoms with van der Waals surface area (Å²) in [6.45, 7) is 0.174. The zero-order valence-electron chi connectivity index (χ0n) is 17.5. The van der Waals surface area contributed by atoms with Gasteiger partial charge in [0, 0.05) is 35.1 Å².